The molecule has 0 aliphatic rings. The number of esters is 1. The van der Waals surface area contributed by atoms with Gasteiger partial charge in [-0.25, -0.2) is 0 Å². The largest absolute Gasteiger partial charge is 0.497 e. The van der Waals surface area contributed by atoms with Gasteiger partial charge in [-0.2, -0.15) is 4.99 Å². The van der Waals surface area contributed by atoms with Crippen molar-refractivity contribution >= 4 is 44.2 Å². The van der Waals surface area contributed by atoms with Crippen LogP contribution in [-0.2, 0) is 27.3 Å². The van der Waals surface area contributed by atoms with Crippen LogP contribution in [0, 0.1) is 0 Å². The molecule has 0 fully saturated rings. The van der Waals surface area contributed by atoms with Crippen LogP contribution in [0.2, 0.25) is 0 Å². The van der Waals surface area contributed by atoms with Crippen molar-refractivity contribution in [1.82, 2.24) is 4.57 Å². The number of aromatic nitrogens is 1. The van der Waals surface area contributed by atoms with Crippen molar-refractivity contribution in [2.24, 2.45) is 4.99 Å². The van der Waals surface area contributed by atoms with Gasteiger partial charge in [0.2, 0.25) is 0 Å². The van der Waals surface area contributed by atoms with Crippen molar-refractivity contribution < 1.29 is 19.1 Å². The van der Waals surface area contributed by atoms with Crippen LogP contribution in [0.1, 0.15) is 5.56 Å². The van der Waals surface area contributed by atoms with E-state index < -0.39 is 5.97 Å². The first kappa shape index (κ1) is 19.8. The zero-order valence-electron chi connectivity index (χ0n) is 16.6. The third-order valence-corrected chi connectivity index (χ3v) is 5.89. The van der Waals surface area contributed by atoms with Gasteiger partial charge in [-0.15, -0.1) is 0 Å². The number of methoxy groups -OCH3 is 2. The highest BCUT2D eigenvalue weighted by atomic mass is 32.1. The van der Waals surface area contributed by atoms with Gasteiger partial charge in [0.15, 0.2) is 4.80 Å². The molecule has 1 amide bonds. The minimum Gasteiger partial charge on any atom is -0.497 e. The van der Waals surface area contributed by atoms with E-state index in [1.54, 1.807) is 11.7 Å². The summed E-state index contributed by atoms with van der Waals surface area (Å²) in [7, 11) is 2.93. The van der Waals surface area contributed by atoms with E-state index in [2.05, 4.69) is 4.99 Å². The molecule has 0 unspecified atom stereocenters. The molecule has 0 saturated heterocycles. The van der Waals surface area contributed by atoms with Gasteiger partial charge in [-0.1, -0.05) is 53.8 Å². The number of carbonyl (C=O) groups is 2. The van der Waals surface area contributed by atoms with Gasteiger partial charge in [-0.05, 0) is 34.5 Å². The Morgan fingerprint density at radius 2 is 1.83 bits per heavy atom. The van der Waals surface area contributed by atoms with Crippen molar-refractivity contribution in [1.29, 1.82) is 0 Å². The second-order valence-corrected chi connectivity index (χ2v) is 7.71. The van der Waals surface area contributed by atoms with Gasteiger partial charge in [0.05, 0.1) is 30.9 Å². The molecule has 6 nitrogen and oxygen atoms in total. The fourth-order valence-electron chi connectivity index (χ4n) is 3.37. The van der Waals surface area contributed by atoms with Gasteiger partial charge in [0.25, 0.3) is 5.91 Å². The Kier molecular flexibility index (Phi) is 5.63. The highest BCUT2D eigenvalue weighted by Crippen LogP contribution is 2.23. The van der Waals surface area contributed by atoms with Gasteiger partial charge in [0.1, 0.15) is 12.3 Å². The number of fused-ring (bicyclic) bond motifs is 2. The first-order chi connectivity index (χ1) is 14.6. The molecule has 152 valence electrons. The molecule has 7 heteroatoms. The Morgan fingerprint density at radius 3 is 2.63 bits per heavy atom. The minimum absolute atomic E-state index is 0.0246. The molecule has 1 aromatic heterocycles. The molecule has 0 saturated carbocycles. The van der Waals surface area contributed by atoms with Crippen molar-refractivity contribution in [3.8, 4) is 5.75 Å². The van der Waals surface area contributed by atoms with Crippen LogP contribution in [0.3, 0.4) is 0 Å². The van der Waals surface area contributed by atoms with Crippen LogP contribution in [0.25, 0.3) is 21.0 Å². The first-order valence-electron chi connectivity index (χ1n) is 9.37. The standard InChI is InChI=1S/C23H20N2O4S/c1-28-17-10-11-19-20(13-17)30-23(25(19)14-22(27)29-2)24-21(26)12-16-8-5-7-15-6-3-4-9-18(15)16/h3-11,13H,12,14H2,1-2H3. The van der Waals surface area contributed by atoms with E-state index in [0.717, 1.165) is 26.6 Å². The normalized spacial score (nSPS) is 11.7. The Labute approximate surface area is 177 Å². The molecule has 4 aromatic rings. The molecular formula is C23H20N2O4S. The zero-order chi connectivity index (χ0) is 21.1. The molecule has 0 bridgehead atoms. The molecule has 3 aromatic carbocycles. The van der Waals surface area contributed by atoms with E-state index in [1.807, 2.05) is 60.7 Å². The lowest BCUT2D eigenvalue weighted by molar-refractivity contribution is -0.141. The minimum atomic E-state index is -0.409. The molecule has 0 atom stereocenters. The summed E-state index contributed by atoms with van der Waals surface area (Å²) in [4.78, 5) is 29.5. The maximum atomic E-state index is 12.8. The maximum absolute atomic E-state index is 12.8. The van der Waals surface area contributed by atoms with E-state index >= 15 is 0 Å². The molecule has 0 N–H and O–H groups in total. The van der Waals surface area contributed by atoms with Crippen LogP contribution in [0.4, 0.5) is 0 Å². The number of carbonyl (C=O) groups excluding carboxylic acids is 2. The highest BCUT2D eigenvalue weighted by molar-refractivity contribution is 7.16. The fraction of sp³-hybridized carbons (Fsp3) is 0.174. The Bertz CT molecular complexity index is 1310. The van der Waals surface area contributed by atoms with Gasteiger partial charge < -0.3 is 14.0 Å². The van der Waals surface area contributed by atoms with E-state index in [1.165, 1.54) is 18.4 Å². The summed E-state index contributed by atoms with van der Waals surface area (Å²) < 4.78 is 12.7. The highest BCUT2D eigenvalue weighted by Gasteiger charge is 2.13. The van der Waals surface area contributed by atoms with Crippen LogP contribution >= 0.6 is 11.3 Å². The van der Waals surface area contributed by atoms with E-state index in [0.29, 0.717) is 10.6 Å². The summed E-state index contributed by atoms with van der Waals surface area (Å²) >= 11 is 1.34. The molecule has 0 radical (unpaired) electrons. The second kappa shape index (κ2) is 8.51. The number of ether oxygens (including phenoxy) is 2. The summed E-state index contributed by atoms with van der Waals surface area (Å²) in [5.41, 5.74) is 1.71. The molecule has 4 rings (SSSR count). The molecule has 0 spiro atoms. The Hall–Kier alpha value is -3.45. The van der Waals surface area contributed by atoms with Crippen molar-refractivity contribution in [3.05, 3.63) is 71.0 Å². The van der Waals surface area contributed by atoms with E-state index in [9.17, 15) is 9.59 Å². The summed E-state index contributed by atoms with van der Waals surface area (Å²) in [6.07, 6.45) is 0.178. The SMILES string of the molecule is COC(=O)Cn1c(=NC(=O)Cc2cccc3ccccc23)sc2cc(OC)ccc21. The number of nitrogens with zero attached hydrogens (tertiary/aromatic N) is 2. The van der Waals surface area contributed by atoms with Gasteiger partial charge in [-0.3, -0.25) is 9.59 Å². The third kappa shape index (κ3) is 3.97. The first-order valence-corrected chi connectivity index (χ1v) is 10.2. The summed E-state index contributed by atoms with van der Waals surface area (Å²) in [5.74, 6) is 0.0135. The van der Waals surface area contributed by atoms with Crippen LogP contribution in [-0.4, -0.2) is 30.7 Å². The van der Waals surface area contributed by atoms with Crippen LogP contribution in [0.15, 0.2) is 65.7 Å². The topological polar surface area (TPSA) is 69.9 Å². The number of thiazole rings is 1. The number of benzene rings is 3. The summed E-state index contributed by atoms with van der Waals surface area (Å²) in [5, 5.41) is 2.12. The van der Waals surface area contributed by atoms with Gasteiger partial charge >= 0.3 is 5.97 Å². The summed E-state index contributed by atoms with van der Waals surface area (Å²) in [6, 6.07) is 19.4. The van der Waals surface area contributed by atoms with E-state index in [-0.39, 0.29) is 18.9 Å². The second-order valence-electron chi connectivity index (χ2n) is 6.70. The Balaban J connectivity index is 1.75. The predicted octanol–water partition coefficient (Wildman–Crippen LogP) is 3.71. The van der Waals surface area contributed by atoms with Crippen LogP contribution in [0.5, 0.6) is 5.75 Å². The number of amides is 1. The molecule has 0 aliphatic carbocycles. The zero-order valence-corrected chi connectivity index (χ0v) is 17.4. The molecule has 0 aliphatic heterocycles. The fourth-order valence-corrected chi connectivity index (χ4v) is 4.44. The predicted molar refractivity (Wildman–Crippen MR) is 117 cm³/mol. The lowest BCUT2D eigenvalue weighted by Gasteiger charge is -2.05. The van der Waals surface area contributed by atoms with Crippen LogP contribution < -0.4 is 9.54 Å². The maximum Gasteiger partial charge on any atom is 0.325 e. The van der Waals surface area contributed by atoms with Crippen molar-refractivity contribution in [3.63, 3.8) is 0 Å². The molecule has 1 heterocycles. The third-order valence-electron chi connectivity index (χ3n) is 4.85. The van der Waals surface area contributed by atoms with Crippen molar-refractivity contribution in [2.45, 2.75) is 13.0 Å². The van der Waals surface area contributed by atoms with E-state index in [4.69, 9.17) is 9.47 Å². The Morgan fingerprint density at radius 1 is 1.03 bits per heavy atom. The number of rotatable bonds is 5. The quantitative estimate of drug-likeness (QED) is 0.462. The lowest BCUT2D eigenvalue weighted by Crippen LogP contribution is -2.22. The molecular weight excluding hydrogens is 400 g/mol. The lowest BCUT2D eigenvalue weighted by atomic mass is 10.0. The number of hydrogen-bond donors (Lipinski definition) is 0. The van der Waals surface area contributed by atoms with Gasteiger partial charge in [0, 0.05) is 0 Å². The smallest absolute Gasteiger partial charge is 0.325 e. The number of hydrogen-bond acceptors (Lipinski definition) is 5. The molecule has 30 heavy (non-hydrogen) atoms. The average molecular weight is 420 g/mol. The summed E-state index contributed by atoms with van der Waals surface area (Å²) in [6.45, 7) is -0.0246. The average Bonchev–Trinajstić information content (AvgIpc) is 3.09. The van der Waals surface area contributed by atoms with Crippen molar-refractivity contribution in [2.75, 3.05) is 14.2 Å². The monoisotopic (exact) mass is 420 g/mol.